The summed E-state index contributed by atoms with van der Waals surface area (Å²) in [6.07, 6.45) is 1.59. The summed E-state index contributed by atoms with van der Waals surface area (Å²) in [6, 6.07) is 9.21. The van der Waals surface area contributed by atoms with Gasteiger partial charge in [-0.2, -0.15) is 9.57 Å². The summed E-state index contributed by atoms with van der Waals surface area (Å²) < 4.78 is 27.2. The van der Waals surface area contributed by atoms with Crippen LogP contribution < -0.4 is 4.90 Å². The molecule has 2 heterocycles. The molecule has 0 amide bonds. The molecule has 0 N–H and O–H groups in total. The Morgan fingerprint density at radius 3 is 2.44 bits per heavy atom. The zero-order valence-electron chi connectivity index (χ0n) is 14.6. The molecule has 0 aliphatic carbocycles. The van der Waals surface area contributed by atoms with Gasteiger partial charge in [0.2, 0.25) is 10.0 Å². The van der Waals surface area contributed by atoms with E-state index in [1.807, 2.05) is 11.0 Å². The average molecular weight is 387 g/mol. The van der Waals surface area contributed by atoms with Crippen LogP contribution in [0.25, 0.3) is 0 Å². The number of nitro benzene ring substituents is 1. The number of hydrogen-bond acceptors (Lipinski definition) is 7. The minimum atomic E-state index is -3.82. The third-order valence-corrected chi connectivity index (χ3v) is 6.51. The Kier molecular flexibility index (Phi) is 5.07. The van der Waals surface area contributed by atoms with E-state index in [1.54, 1.807) is 25.3 Å². The molecule has 0 saturated carbocycles. The topological polar surface area (TPSA) is 120 Å². The Hall–Kier alpha value is -3.03. The maximum absolute atomic E-state index is 12.9. The number of aryl methyl sites for hydroxylation is 1. The van der Waals surface area contributed by atoms with Gasteiger partial charge in [0.1, 0.15) is 11.8 Å². The van der Waals surface area contributed by atoms with Gasteiger partial charge in [0.15, 0.2) is 0 Å². The highest BCUT2D eigenvalue weighted by atomic mass is 32.2. The molecule has 10 heteroatoms. The predicted molar refractivity (Wildman–Crippen MR) is 97.8 cm³/mol. The van der Waals surface area contributed by atoms with Crippen molar-refractivity contribution in [2.45, 2.75) is 11.8 Å². The van der Waals surface area contributed by atoms with Crippen LogP contribution in [0.2, 0.25) is 0 Å². The monoisotopic (exact) mass is 387 g/mol. The second-order valence-corrected chi connectivity index (χ2v) is 8.02. The minimum absolute atomic E-state index is 0.0369. The van der Waals surface area contributed by atoms with Gasteiger partial charge in [0, 0.05) is 38.3 Å². The lowest BCUT2D eigenvalue weighted by molar-refractivity contribution is -0.385. The quantitative estimate of drug-likeness (QED) is 0.578. The third-order valence-electron chi connectivity index (χ3n) is 4.47. The van der Waals surface area contributed by atoms with E-state index in [-0.39, 0.29) is 23.7 Å². The van der Waals surface area contributed by atoms with E-state index in [9.17, 15) is 18.5 Å². The van der Waals surface area contributed by atoms with Gasteiger partial charge in [-0.15, -0.1) is 0 Å². The molecular formula is C17H17N5O4S. The molecular weight excluding hydrogens is 370 g/mol. The lowest BCUT2D eigenvalue weighted by Crippen LogP contribution is -2.48. The summed E-state index contributed by atoms with van der Waals surface area (Å²) in [7, 11) is -3.82. The number of non-ortho nitro benzene ring substituents is 1. The van der Waals surface area contributed by atoms with E-state index in [2.05, 4.69) is 4.98 Å². The van der Waals surface area contributed by atoms with E-state index >= 15 is 0 Å². The summed E-state index contributed by atoms with van der Waals surface area (Å²) in [5, 5.41) is 19.8. The first-order valence-electron chi connectivity index (χ1n) is 8.19. The number of anilines is 1. The van der Waals surface area contributed by atoms with E-state index in [0.29, 0.717) is 24.3 Å². The summed E-state index contributed by atoms with van der Waals surface area (Å²) in [5.74, 6) is 0. The van der Waals surface area contributed by atoms with Crippen LogP contribution >= 0.6 is 0 Å². The molecule has 1 aliphatic rings. The number of nitrogens with zero attached hydrogens (tertiary/aromatic N) is 5. The molecule has 140 valence electrons. The first kappa shape index (κ1) is 18.8. The van der Waals surface area contributed by atoms with E-state index < -0.39 is 14.9 Å². The number of benzene rings is 1. The fraction of sp³-hybridized carbons (Fsp3) is 0.294. The zero-order valence-corrected chi connectivity index (χ0v) is 15.4. The molecule has 27 heavy (non-hydrogen) atoms. The Morgan fingerprint density at radius 1 is 1.19 bits per heavy atom. The number of hydrogen-bond donors (Lipinski definition) is 0. The van der Waals surface area contributed by atoms with Crippen LogP contribution in [-0.4, -0.2) is 48.8 Å². The molecule has 0 spiro atoms. The van der Waals surface area contributed by atoms with Gasteiger partial charge in [-0.25, -0.2) is 13.4 Å². The maximum atomic E-state index is 12.9. The number of pyridine rings is 1. The van der Waals surface area contributed by atoms with Gasteiger partial charge < -0.3 is 4.90 Å². The van der Waals surface area contributed by atoms with Crippen molar-refractivity contribution in [2.75, 3.05) is 31.1 Å². The first-order valence-corrected chi connectivity index (χ1v) is 9.63. The van der Waals surface area contributed by atoms with Crippen LogP contribution in [-0.2, 0) is 10.0 Å². The van der Waals surface area contributed by atoms with Gasteiger partial charge in [0.25, 0.3) is 5.69 Å². The van der Waals surface area contributed by atoms with Crippen LogP contribution in [0.4, 0.5) is 11.4 Å². The molecule has 9 nitrogen and oxygen atoms in total. The fourth-order valence-electron chi connectivity index (χ4n) is 2.95. The molecule has 0 bridgehead atoms. The van der Waals surface area contributed by atoms with Crippen LogP contribution in [0.3, 0.4) is 0 Å². The van der Waals surface area contributed by atoms with Crippen molar-refractivity contribution in [3.8, 4) is 6.07 Å². The second-order valence-electron chi connectivity index (χ2n) is 6.11. The SMILES string of the molecule is Cc1ccc([N+](=O)[O-])cc1S(=O)(=O)N1CCN(c2ccc(C#N)nc2)CC1. The number of sulfonamides is 1. The predicted octanol–water partition coefficient (Wildman–Crippen LogP) is 1.68. The molecule has 1 aromatic carbocycles. The fourth-order valence-corrected chi connectivity index (χ4v) is 4.61. The summed E-state index contributed by atoms with van der Waals surface area (Å²) in [4.78, 5) is 16.4. The van der Waals surface area contributed by atoms with Crippen molar-refractivity contribution >= 4 is 21.4 Å². The molecule has 1 saturated heterocycles. The first-order chi connectivity index (χ1) is 12.8. The number of nitriles is 1. The molecule has 1 aromatic heterocycles. The van der Waals surface area contributed by atoms with E-state index in [0.717, 1.165) is 11.8 Å². The molecule has 3 rings (SSSR count). The van der Waals surface area contributed by atoms with Crippen molar-refractivity contribution < 1.29 is 13.3 Å². The normalized spacial score (nSPS) is 15.3. The number of aromatic nitrogens is 1. The standard InChI is InChI=1S/C17H17N5O4S/c1-13-2-4-15(22(23)24)10-17(13)27(25,26)21-8-6-20(7-9-21)16-5-3-14(11-18)19-12-16/h2-5,10,12H,6-9H2,1H3. The number of piperazine rings is 1. The Balaban J connectivity index is 1.78. The minimum Gasteiger partial charge on any atom is -0.368 e. The lowest BCUT2D eigenvalue weighted by atomic mass is 10.2. The van der Waals surface area contributed by atoms with Crippen molar-refractivity contribution in [2.24, 2.45) is 0 Å². The largest absolute Gasteiger partial charge is 0.368 e. The average Bonchev–Trinajstić information content (AvgIpc) is 2.68. The highest BCUT2D eigenvalue weighted by Crippen LogP contribution is 2.26. The Labute approximate surface area is 156 Å². The highest BCUT2D eigenvalue weighted by Gasteiger charge is 2.31. The summed E-state index contributed by atoms with van der Waals surface area (Å²) in [5.41, 5.74) is 1.36. The third kappa shape index (κ3) is 3.74. The van der Waals surface area contributed by atoms with Crippen LogP contribution in [0.15, 0.2) is 41.4 Å². The molecule has 0 unspecified atom stereocenters. The summed E-state index contributed by atoms with van der Waals surface area (Å²) >= 11 is 0. The second kappa shape index (κ2) is 7.30. The number of nitro groups is 1. The van der Waals surface area contributed by atoms with Crippen molar-refractivity contribution in [1.82, 2.24) is 9.29 Å². The van der Waals surface area contributed by atoms with Crippen molar-refractivity contribution in [3.05, 3.63) is 57.9 Å². The molecule has 2 aromatic rings. The van der Waals surface area contributed by atoms with Crippen molar-refractivity contribution in [1.29, 1.82) is 5.26 Å². The van der Waals surface area contributed by atoms with Crippen LogP contribution in [0.1, 0.15) is 11.3 Å². The highest BCUT2D eigenvalue weighted by molar-refractivity contribution is 7.89. The van der Waals surface area contributed by atoms with Crippen molar-refractivity contribution in [3.63, 3.8) is 0 Å². The molecule has 0 radical (unpaired) electrons. The maximum Gasteiger partial charge on any atom is 0.270 e. The molecule has 0 atom stereocenters. The van der Waals surface area contributed by atoms with Gasteiger partial charge in [-0.05, 0) is 24.6 Å². The number of rotatable bonds is 4. The van der Waals surface area contributed by atoms with Gasteiger partial charge in [-0.3, -0.25) is 10.1 Å². The lowest BCUT2D eigenvalue weighted by Gasteiger charge is -2.35. The summed E-state index contributed by atoms with van der Waals surface area (Å²) in [6.45, 7) is 3.05. The zero-order chi connectivity index (χ0) is 19.6. The Bertz CT molecular complexity index is 1010. The Morgan fingerprint density at radius 2 is 1.89 bits per heavy atom. The van der Waals surface area contributed by atoms with Gasteiger partial charge in [0.05, 0.1) is 21.7 Å². The van der Waals surface area contributed by atoms with E-state index in [4.69, 9.17) is 5.26 Å². The van der Waals surface area contributed by atoms with Gasteiger partial charge in [-0.1, -0.05) is 6.07 Å². The van der Waals surface area contributed by atoms with Crippen LogP contribution in [0.5, 0.6) is 0 Å². The smallest absolute Gasteiger partial charge is 0.270 e. The van der Waals surface area contributed by atoms with E-state index in [1.165, 1.54) is 16.4 Å². The molecule has 1 aliphatic heterocycles. The van der Waals surface area contributed by atoms with Crippen LogP contribution in [0, 0.1) is 28.4 Å². The van der Waals surface area contributed by atoms with Gasteiger partial charge >= 0.3 is 0 Å². The molecule has 1 fully saturated rings.